The lowest BCUT2D eigenvalue weighted by atomic mass is 10.2. The lowest BCUT2D eigenvalue weighted by molar-refractivity contribution is 1.48. The molecule has 0 aromatic rings. The lowest BCUT2D eigenvalue weighted by Crippen LogP contribution is -1.70. The Bertz CT molecular complexity index is 198. The molecule has 0 bridgehead atoms. The summed E-state index contributed by atoms with van der Waals surface area (Å²) < 4.78 is 0. The van der Waals surface area contributed by atoms with Gasteiger partial charge >= 0.3 is 0 Å². The van der Waals surface area contributed by atoms with E-state index in [2.05, 4.69) is 12.3 Å². The number of hydrogen-bond acceptors (Lipinski definition) is 0. The molecule has 0 aliphatic heterocycles. The maximum Gasteiger partial charge on any atom is 0.0188 e. The van der Waals surface area contributed by atoms with Crippen molar-refractivity contribution >= 4 is 0 Å². The molecule has 1 rings (SSSR count). The van der Waals surface area contributed by atoms with Crippen molar-refractivity contribution in [2.45, 2.75) is 6.92 Å². The molecule has 0 radical (unpaired) electrons. The molecule has 0 nitrogen and oxygen atoms in total. The van der Waals surface area contributed by atoms with Gasteiger partial charge in [0, 0.05) is 5.57 Å². The van der Waals surface area contributed by atoms with Gasteiger partial charge in [-0.05, 0) is 24.6 Å². The highest BCUT2D eigenvalue weighted by Crippen LogP contribution is 2.09. The summed E-state index contributed by atoms with van der Waals surface area (Å²) in [4.78, 5) is 0. The summed E-state index contributed by atoms with van der Waals surface area (Å²) in [6.45, 7) is 5.74. The van der Waals surface area contributed by atoms with Crippen LogP contribution >= 0.6 is 0 Å². The van der Waals surface area contributed by atoms with Gasteiger partial charge in [-0.1, -0.05) is 12.7 Å². The van der Waals surface area contributed by atoms with E-state index in [9.17, 15) is 0 Å². The van der Waals surface area contributed by atoms with Crippen LogP contribution in [0.5, 0.6) is 0 Å². The molecule has 0 aromatic heterocycles. The molecule has 40 valence electrons. The van der Waals surface area contributed by atoms with Crippen molar-refractivity contribution in [2.24, 2.45) is 0 Å². The Morgan fingerprint density at radius 1 is 1.75 bits per heavy atom. The molecular weight excluding hydrogens is 96.1 g/mol. The van der Waals surface area contributed by atoms with E-state index in [-0.39, 0.29) is 0 Å². The molecule has 0 N–H and O–H groups in total. The average molecular weight is 104 g/mol. The monoisotopic (exact) mass is 104 g/mol. The molecular formula is C8H8. The van der Waals surface area contributed by atoms with Gasteiger partial charge in [0.1, 0.15) is 0 Å². The van der Waals surface area contributed by atoms with Gasteiger partial charge < -0.3 is 0 Å². The quantitative estimate of drug-likeness (QED) is 0.447. The normalized spacial score (nSPS) is 14.4. The average Bonchev–Trinajstić information content (AvgIpc) is 2.12. The first-order valence-electron chi connectivity index (χ1n) is 2.60. The zero-order valence-electron chi connectivity index (χ0n) is 4.94. The highest BCUT2D eigenvalue weighted by Gasteiger charge is 1.91. The van der Waals surface area contributed by atoms with Crippen LogP contribution in [0.2, 0.25) is 0 Å². The predicted molar refractivity (Wildman–Crippen MR) is 35.5 cm³/mol. The molecule has 0 spiro atoms. The van der Waals surface area contributed by atoms with E-state index in [1.807, 2.05) is 25.2 Å². The van der Waals surface area contributed by atoms with Crippen molar-refractivity contribution in [3.8, 4) is 0 Å². The fourth-order valence-corrected chi connectivity index (χ4v) is 0.596. The fraction of sp³-hybridized carbons (Fsp3) is 0.125. The zero-order chi connectivity index (χ0) is 5.98. The Labute approximate surface area is 49.5 Å². The highest BCUT2D eigenvalue weighted by molar-refractivity contribution is 5.41. The largest absolute Gasteiger partial charge is 0.113 e. The van der Waals surface area contributed by atoms with E-state index in [0.29, 0.717) is 0 Å². The van der Waals surface area contributed by atoms with Crippen molar-refractivity contribution in [3.63, 3.8) is 0 Å². The summed E-state index contributed by atoms with van der Waals surface area (Å²) in [6.07, 6.45) is 5.86. The SMILES string of the molecule is C=C(C)C1=C=CC=C1. The summed E-state index contributed by atoms with van der Waals surface area (Å²) >= 11 is 0. The van der Waals surface area contributed by atoms with Crippen LogP contribution in [0, 0.1) is 0 Å². The van der Waals surface area contributed by atoms with Gasteiger partial charge in [0.05, 0.1) is 0 Å². The van der Waals surface area contributed by atoms with Crippen LogP contribution in [0.3, 0.4) is 0 Å². The van der Waals surface area contributed by atoms with Crippen molar-refractivity contribution in [1.82, 2.24) is 0 Å². The Morgan fingerprint density at radius 2 is 2.50 bits per heavy atom. The third-order valence-electron chi connectivity index (χ3n) is 1.06. The molecule has 8 heavy (non-hydrogen) atoms. The topological polar surface area (TPSA) is 0 Å². The van der Waals surface area contributed by atoms with Crippen molar-refractivity contribution in [1.29, 1.82) is 0 Å². The van der Waals surface area contributed by atoms with Gasteiger partial charge in [0.2, 0.25) is 0 Å². The number of hydrogen-bond donors (Lipinski definition) is 0. The highest BCUT2D eigenvalue weighted by atomic mass is 13.9. The Hall–Kier alpha value is -1.00. The number of allylic oxidation sites excluding steroid dienone is 4. The van der Waals surface area contributed by atoms with E-state index in [1.54, 1.807) is 0 Å². The Kier molecular flexibility index (Phi) is 1.19. The molecule has 0 heterocycles. The fourth-order valence-electron chi connectivity index (χ4n) is 0.596. The first-order chi connectivity index (χ1) is 3.80. The minimum Gasteiger partial charge on any atom is -0.113 e. The molecule has 0 saturated carbocycles. The van der Waals surface area contributed by atoms with Crippen LogP contribution in [0.15, 0.2) is 41.7 Å². The molecule has 1 aliphatic carbocycles. The summed E-state index contributed by atoms with van der Waals surface area (Å²) in [5, 5.41) is 0. The summed E-state index contributed by atoms with van der Waals surface area (Å²) in [6, 6.07) is 0. The Balaban J connectivity index is 2.90. The predicted octanol–water partition coefficient (Wildman–Crippen LogP) is 2.21. The zero-order valence-corrected chi connectivity index (χ0v) is 4.94. The second-order valence-corrected chi connectivity index (χ2v) is 1.86. The van der Waals surface area contributed by atoms with Gasteiger partial charge in [-0.3, -0.25) is 0 Å². The lowest BCUT2D eigenvalue weighted by Gasteiger charge is -1.88. The third-order valence-corrected chi connectivity index (χ3v) is 1.06. The molecule has 0 saturated heterocycles. The summed E-state index contributed by atoms with van der Waals surface area (Å²) in [7, 11) is 0. The Morgan fingerprint density at radius 3 is 2.75 bits per heavy atom. The summed E-state index contributed by atoms with van der Waals surface area (Å²) in [5.74, 6) is 0. The van der Waals surface area contributed by atoms with Crippen LogP contribution in [-0.2, 0) is 0 Å². The van der Waals surface area contributed by atoms with Crippen molar-refractivity contribution in [2.75, 3.05) is 0 Å². The minimum absolute atomic E-state index is 1.08. The summed E-state index contributed by atoms with van der Waals surface area (Å²) in [5.41, 5.74) is 5.23. The van der Waals surface area contributed by atoms with Crippen LogP contribution in [0.4, 0.5) is 0 Å². The first kappa shape index (κ1) is 5.14. The molecule has 0 unspecified atom stereocenters. The van der Waals surface area contributed by atoms with E-state index in [1.165, 1.54) is 0 Å². The van der Waals surface area contributed by atoms with Crippen LogP contribution in [-0.4, -0.2) is 0 Å². The van der Waals surface area contributed by atoms with Crippen molar-refractivity contribution < 1.29 is 0 Å². The maximum absolute atomic E-state index is 3.77. The van der Waals surface area contributed by atoms with E-state index >= 15 is 0 Å². The molecule has 0 heteroatoms. The smallest absolute Gasteiger partial charge is 0.0188 e. The van der Waals surface area contributed by atoms with E-state index < -0.39 is 0 Å². The van der Waals surface area contributed by atoms with Crippen LogP contribution in [0.25, 0.3) is 0 Å². The van der Waals surface area contributed by atoms with Gasteiger partial charge in [-0.2, -0.15) is 0 Å². The van der Waals surface area contributed by atoms with Gasteiger partial charge in [-0.25, -0.2) is 0 Å². The second kappa shape index (κ2) is 1.85. The second-order valence-electron chi connectivity index (χ2n) is 1.86. The minimum atomic E-state index is 1.08. The van der Waals surface area contributed by atoms with E-state index in [0.717, 1.165) is 11.1 Å². The maximum atomic E-state index is 3.77. The van der Waals surface area contributed by atoms with Gasteiger partial charge in [-0.15, -0.1) is 5.73 Å². The third kappa shape index (κ3) is 0.800. The van der Waals surface area contributed by atoms with Crippen molar-refractivity contribution in [3.05, 3.63) is 41.7 Å². The molecule has 0 atom stereocenters. The standard InChI is InChI=1S/C8H8/c1-7(2)8-5-3-4-6-8/h3-5H,1H2,2H3. The molecule has 0 aromatic carbocycles. The van der Waals surface area contributed by atoms with Crippen LogP contribution in [0.1, 0.15) is 6.92 Å². The first-order valence-corrected chi connectivity index (χ1v) is 2.60. The molecule has 0 amide bonds. The van der Waals surface area contributed by atoms with Gasteiger partial charge in [0.15, 0.2) is 0 Å². The van der Waals surface area contributed by atoms with E-state index in [4.69, 9.17) is 0 Å². The number of rotatable bonds is 1. The van der Waals surface area contributed by atoms with Crippen LogP contribution < -0.4 is 0 Å². The van der Waals surface area contributed by atoms with Gasteiger partial charge in [0.25, 0.3) is 0 Å². The molecule has 1 aliphatic rings. The molecule has 0 fully saturated rings.